The van der Waals surface area contributed by atoms with E-state index >= 15 is 0 Å². The average Bonchev–Trinajstić information content (AvgIpc) is 2.17. The van der Waals surface area contributed by atoms with Crippen LogP contribution in [0.25, 0.3) is 0 Å². The van der Waals surface area contributed by atoms with Gasteiger partial charge in [0.2, 0.25) is 0 Å². The summed E-state index contributed by atoms with van der Waals surface area (Å²) < 4.78 is 59.3. The van der Waals surface area contributed by atoms with E-state index in [4.69, 9.17) is 0 Å². The van der Waals surface area contributed by atoms with Crippen LogP contribution >= 0.6 is 15.9 Å². The SMILES string of the molecule is O=S(=O)(N1CCC(CCBr)CC1)C(F)(F)F. The smallest absolute Gasteiger partial charge is 0.203 e. The Balaban J connectivity index is 2.61. The van der Waals surface area contributed by atoms with Crippen LogP contribution in [0.15, 0.2) is 0 Å². The van der Waals surface area contributed by atoms with Crippen LogP contribution in [0.5, 0.6) is 0 Å². The van der Waals surface area contributed by atoms with Gasteiger partial charge in [0.05, 0.1) is 0 Å². The Kier molecular flexibility index (Phi) is 4.65. The van der Waals surface area contributed by atoms with Crippen molar-refractivity contribution in [1.29, 1.82) is 0 Å². The molecular weight excluding hydrogens is 311 g/mol. The Morgan fingerprint density at radius 3 is 2.12 bits per heavy atom. The minimum Gasteiger partial charge on any atom is -0.203 e. The van der Waals surface area contributed by atoms with Crippen molar-refractivity contribution in [3.63, 3.8) is 0 Å². The van der Waals surface area contributed by atoms with Crippen molar-refractivity contribution in [1.82, 2.24) is 4.31 Å². The fourth-order valence-electron chi connectivity index (χ4n) is 1.74. The first-order valence-electron chi connectivity index (χ1n) is 4.91. The molecule has 1 aliphatic rings. The lowest BCUT2D eigenvalue weighted by Crippen LogP contribution is -2.44. The van der Waals surface area contributed by atoms with E-state index in [1.54, 1.807) is 0 Å². The first-order chi connectivity index (χ1) is 7.29. The van der Waals surface area contributed by atoms with Crippen molar-refractivity contribution in [2.24, 2.45) is 5.92 Å². The predicted octanol–water partition coefficient (Wildman–Crippen LogP) is 2.33. The van der Waals surface area contributed by atoms with Crippen molar-refractivity contribution in [2.45, 2.75) is 24.8 Å². The van der Waals surface area contributed by atoms with Gasteiger partial charge in [-0.3, -0.25) is 0 Å². The van der Waals surface area contributed by atoms with Crippen LogP contribution in [-0.2, 0) is 10.0 Å². The second kappa shape index (κ2) is 5.22. The van der Waals surface area contributed by atoms with E-state index in [2.05, 4.69) is 15.9 Å². The summed E-state index contributed by atoms with van der Waals surface area (Å²) in [6.45, 7) is -0.0565. The largest absolute Gasteiger partial charge is 0.511 e. The van der Waals surface area contributed by atoms with E-state index in [9.17, 15) is 21.6 Å². The number of hydrogen-bond donors (Lipinski definition) is 0. The number of alkyl halides is 4. The third-order valence-electron chi connectivity index (χ3n) is 2.72. The fourth-order valence-corrected chi connectivity index (χ4v) is 3.37. The van der Waals surface area contributed by atoms with E-state index in [0.717, 1.165) is 11.8 Å². The number of nitrogens with zero attached hydrogens (tertiary/aromatic N) is 1. The van der Waals surface area contributed by atoms with Crippen LogP contribution in [0.3, 0.4) is 0 Å². The third kappa shape index (κ3) is 3.10. The maximum Gasteiger partial charge on any atom is 0.511 e. The van der Waals surface area contributed by atoms with Crippen molar-refractivity contribution >= 4 is 26.0 Å². The standard InChI is InChI=1S/C8H13BrF3NO2S/c9-4-1-7-2-5-13(6-3-7)16(14,15)8(10,11)12/h7H,1-6H2. The highest BCUT2D eigenvalue weighted by Crippen LogP contribution is 2.31. The zero-order chi connectivity index (χ0) is 12.4. The summed E-state index contributed by atoms with van der Waals surface area (Å²) in [5, 5.41) is 0.795. The lowest BCUT2D eigenvalue weighted by molar-refractivity contribution is -0.0496. The molecule has 1 rings (SSSR count). The molecule has 0 spiro atoms. The van der Waals surface area contributed by atoms with E-state index in [1.165, 1.54) is 0 Å². The Labute approximate surface area is 101 Å². The first kappa shape index (κ1) is 14.2. The second-order valence-corrected chi connectivity index (χ2v) is 6.49. The van der Waals surface area contributed by atoms with Gasteiger partial charge in [0.1, 0.15) is 0 Å². The van der Waals surface area contributed by atoms with Crippen LogP contribution in [0.1, 0.15) is 19.3 Å². The monoisotopic (exact) mass is 323 g/mol. The molecule has 1 aliphatic heterocycles. The predicted molar refractivity (Wildman–Crippen MR) is 57.7 cm³/mol. The Morgan fingerprint density at radius 1 is 1.25 bits per heavy atom. The van der Waals surface area contributed by atoms with Crippen LogP contribution in [0, 0.1) is 5.92 Å². The topological polar surface area (TPSA) is 37.4 Å². The number of piperidine rings is 1. The molecule has 0 radical (unpaired) electrons. The highest BCUT2D eigenvalue weighted by molar-refractivity contribution is 9.09. The van der Waals surface area contributed by atoms with Gasteiger partial charge in [0, 0.05) is 18.4 Å². The van der Waals surface area contributed by atoms with Gasteiger partial charge in [0.25, 0.3) is 0 Å². The number of hydrogen-bond acceptors (Lipinski definition) is 2. The molecule has 1 fully saturated rings. The molecule has 0 saturated carbocycles. The van der Waals surface area contributed by atoms with Crippen molar-refractivity contribution < 1.29 is 21.6 Å². The Bertz CT molecular complexity index is 323. The van der Waals surface area contributed by atoms with Gasteiger partial charge in [-0.2, -0.15) is 17.5 Å². The number of rotatable bonds is 3. The zero-order valence-corrected chi connectivity index (χ0v) is 10.9. The van der Waals surface area contributed by atoms with E-state index in [1.807, 2.05) is 0 Å². The first-order valence-corrected chi connectivity index (χ1v) is 7.47. The highest BCUT2D eigenvalue weighted by atomic mass is 79.9. The summed E-state index contributed by atoms with van der Waals surface area (Å²) in [5.41, 5.74) is -5.17. The second-order valence-electron chi connectivity index (χ2n) is 3.77. The molecule has 0 unspecified atom stereocenters. The fraction of sp³-hybridized carbons (Fsp3) is 1.00. The van der Waals surface area contributed by atoms with Crippen LogP contribution in [-0.4, -0.2) is 36.7 Å². The summed E-state index contributed by atoms with van der Waals surface area (Å²) in [7, 11) is -5.12. The minimum absolute atomic E-state index is 0.0283. The van der Waals surface area contributed by atoms with Gasteiger partial charge in [-0.25, -0.2) is 8.42 Å². The van der Waals surface area contributed by atoms with Gasteiger partial charge in [-0.05, 0) is 25.2 Å². The molecule has 0 atom stereocenters. The van der Waals surface area contributed by atoms with E-state index in [-0.39, 0.29) is 13.1 Å². The van der Waals surface area contributed by atoms with Crippen molar-refractivity contribution in [2.75, 3.05) is 18.4 Å². The molecular formula is C8H13BrF3NO2S. The van der Waals surface area contributed by atoms with Crippen molar-refractivity contribution in [3.05, 3.63) is 0 Å². The van der Waals surface area contributed by atoms with Gasteiger partial charge >= 0.3 is 15.5 Å². The normalized spacial score (nSPS) is 21.2. The number of halogens is 4. The summed E-state index contributed by atoms with van der Waals surface area (Å²) in [6.07, 6.45) is 1.88. The van der Waals surface area contributed by atoms with Gasteiger partial charge < -0.3 is 0 Å². The molecule has 16 heavy (non-hydrogen) atoms. The molecule has 0 aromatic heterocycles. The summed E-state index contributed by atoms with van der Waals surface area (Å²) in [6, 6.07) is 0. The van der Waals surface area contributed by atoms with Crippen LogP contribution < -0.4 is 0 Å². The van der Waals surface area contributed by atoms with Gasteiger partial charge in [-0.1, -0.05) is 15.9 Å². The minimum atomic E-state index is -5.17. The Hall–Kier alpha value is 0.180. The van der Waals surface area contributed by atoms with Gasteiger partial charge in [0.15, 0.2) is 0 Å². The lowest BCUT2D eigenvalue weighted by Gasteiger charge is -2.31. The molecule has 8 heteroatoms. The molecule has 1 heterocycles. The lowest BCUT2D eigenvalue weighted by atomic mass is 9.96. The molecule has 3 nitrogen and oxygen atoms in total. The van der Waals surface area contributed by atoms with Gasteiger partial charge in [-0.15, -0.1) is 0 Å². The summed E-state index contributed by atoms with van der Waals surface area (Å²) >= 11 is 3.26. The molecule has 0 amide bonds. The third-order valence-corrected chi connectivity index (χ3v) is 4.81. The van der Waals surface area contributed by atoms with Crippen molar-refractivity contribution in [3.8, 4) is 0 Å². The molecule has 96 valence electrons. The summed E-state index contributed by atoms with van der Waals surface area (Å²) in [4.78, 5) is 0. The van der Waals surface area contributed by atoms with E-state index < -0.39 is 15.5 Å². The quantitative estimate of drug-likeness (QED) is 0.747. The summed E-state index contributed by atoms with van der Waals surface area (Å²) in [5.74, 6) is 0.319. The molecule has 0 aromatic carbocycles. The van der Waals surface area contributed by atoms with Crippen LogP contribution in [0.4, 0.5) is 13.2 Å². The molecule has 0 N–H and O–H groups in total. The average molecular weight is 324 g/mol. The maximum atomic E-state index is 12.2. The maximum absolute atomic E-state index is 12.2. The highest BCUT2D eigenvalue weighted by Gasteiger charge is 2.50. The van der Waals surface area contributed by atoms with E-state index in [0.29, 0.717) is 23.1 Å². The number of sulfonamides is 1. The van der Waals surface area contributed by atoms with Crippen LogP contribution in [0.2, 0.25) is 0 Å². The zero-order valence-electron chi connectivity index (χ0n) is 8.50. The molecule has 1 saturated heterocycles. The molecule has 0 aliphatic carbocycles. The molecule has 0 bridgehead atoms. The molecule has 0 aromatic rings. The Morgan fingerprint density at radius 2 is 1.75 bits per heavy atom.